The number of nitrogens with two attached hydrogens (primary N) is 2. The van der Waals surface area contributed by atoms with Gasteiger partial charge in [0.05, 0.1) is 31.3 Å². The number of aliphatic carboxylic acids is 1. The number of Topliss-reactive ketones (excluding diaryl/α,β-unsaturated/α-hetero) is 1. The molecule has 3 fully saturated rings. The Morgan fingerprint density at radius 3 is 2.13 bits per heavy atom. The van der Waals surface area contributed by atoms with Crippen molar-refractivity contribution in [1.29, 1.82) is 0 Å². The predicted molar refractivity (Wildman–Crippen MR) is 369 cm³/mol. The Labute approximate surface area is 585 Å². The maximum absolute atomic E-state index is 15.3. The molecule has 2 bridgehead atoms. The number of aromatic nitrogens is 3. The number of nitrogens with one attached hydrogen (secondary N) is 9. The van der Waals surface area contributed by atoms with E-state index >= 15 is 18.8 Å². The van der Waals surface area contributed by atoms with Crippen LogP contribution < -0.4 is 48.7 Å². The number of phenols is 1. The quantitative estimate of drug-likeness (QED) is 0.0666. The van der Waals surface area contributed by atoms with Crippen molar-refractivity contribution in [2.24, 2.45) is 35.1 Å². The van der Waals surface area contributed by atoms with E-state index in [9.17, 15) is 53.0 Å². The van der Waals surface area contributed by atoms with E-state index in [2.05, 4.69) is 52.2 Å². The zero-order chi connectivity index (χ0) is 71.4. The van der Waals surface area contributed by atoms with Crippen molar-refractivity contribution >= 4 is 99.3 Å². The van der Waals surface area contributed by atoms with Crippen LogP contribution in [0.15, 0.2) is 85.5 Å². The molecule has 100 heavy (non-hydrogen) atoms. The number of hydrogen-bond acceptors (Lipinski definition) is 16. The van der Waals surface area contributed by atoms with Crippen LogP contribution in [0.5, 0.6) is 5.75 Å². The monoisotopic (exact) mass is 1420 g/mol. The number of nitrogens with zero attached hydrogens (tertiary/aromatic N) is 2. The number of primary amides is 1. The Morgan fingerprint density at radius 2 is 1.40 bits per heavy atom. The van der Waals surface area contributed by atoms with Crippen LogP contribution in [0.2, 0.25) is 0 Å². The summed E-state index contributed by atoms with van der Waals surface area (Å²) in [4.78, 5) is 168. The molecule has 9 amide bonds. The Kier molecular flexibility index (Phi) is 27.4. The molecule has 12 atom stereocenters. The number of fused-ring (bicyclic) bond motifs is 5. The third-order valence-electron chi connectivity index (χ3n) is 19.2. The van der Waals surface area contributed by atoms with E-state index in [1.54, 1.807) is 0 Å². The molecule has 4 aliphatic rings. The van der Waals surface area contributed by atoms with E-state index in [0.717, 1.165) is 11.1 Å². The number of H-pyrrole nitrogens is 2. The maximum atomic E-state index is 15.3. The number of hydrogen-bond donors (Lipinski definition) is 13. The normalized spacial score (nSPS) is 26.6. The fraction of sp³-hybridized carbons (Fsp3) is 0.514. The van der Waals surface area contributed by atoms with Gasteiger partial charge >= 0.3 is 5.97 Å². The molecule has 2 aromatic heterocycles. The zero-order valence-electron chi connectivity index (χ0n) is 55.5. The summed E-state index contributed by atoms with van der Waals surface area (Å²) in [5, 5.41) is 39.5. The summed E-state index contributed by atoms with van der Waals surface area (Å²) in [7, 11) is 0. The Morgan fingerprint density at radius 1 is 0.710 bits per heavy atom. The average Bonchev–Trinajstić information content (AvgIpc) is 1.64. The first-order chi connectivity index (χ1) is 48.1. The van der Waals surface area contributed by atoms with E-state index in [4.69, 9.17) is 11.5 Å². The molecular formula is C70H89F2N13O13S2. The van der Waals surface area contributed by atoms with Crippen molar-refractivity contribution in [3.63, 3.8) is 0 Å². The molecule has 9 rings (SSSR count). The molecule has 0 radical (unpaired) electrons. The van der Waals surface area contributed by atoms with Gasteiger partial charge in [-0.25, -0.2) is 13.8 Å². The first-order valence-corrected chi connectivity index (χ1v) is 36.4. The lowest BCUT2D eigenvalue weighted by molar-refractivity contribution is -0.142. The topological polar surface area (TPSA) is 412 Å². The zero-order valence-corrected chi connectivity index (χ0v) is 57.1. The number of thioether (sulfide) groups is 2. The predicted octanol–water partition coefficient (Wildman–Crippen LogP) is 3.57. The molecule has 1 saturated heterocycles. The number of carbonyl (C=O) groups is 11. The van der Waals surface area contributed by atoms with Gasteiger partial charge in [-0.1, -0.05) is 36.4 Å². The highest BCUT2D eigenvalue weighted by molar-refractivity contribution is 7.98. The van der Waals surface area contributed by atoms with Crippen molar-refractivity contribution in [1.82, 2.24) is 57.1 Å². The summed E-state index contributed by atoms with van der Waals surface area (Å²) in [6.45, 7) is -0.298. The molecule has 0 spiro atoms. The molecule has 2 aliphatic carbocycles. The van der Waals surface area contributed by atoms with E-state index in [1.807, 2.05) is 24.3 Å². The summed E-state index contributed by atoms with van der Waals surface area (Å²) in [6, 6.07) is 7.18. The summed E-state index contributed by atoms with van der Waals surface area (Å²) in [5.74, 6) is -10.2. The first kappa shape index (κ1) is 75.3. The number of aromatic amines is 2. The number of imidazole rings is 1. The van der Waals surface area contributed by atoms with Crippen LogP contribution in [0.1, 0.15) is 118 Å². The first-order valence-electron chi connectivity index (χ1n) is 34.1. The van der Waals surface area contributed by atoms with E-state index in [-0.39, 0.29) is 93.6 Å². The van der Waals surface area contributed by atoms with Gasteiger partial charge in [0.15, 0.2) is 5.78 Å². The van der Waals surface area contributed by atoms with Crippen molar-refractivity contribution < 1.29 is 71.7 Å². The van der Waals surface area contributed by atoms with Gasteiger partial charge in [0.2, 0.25) is 53.2 Å². The molecule has 26 nitrogen and oxygen atoms in total. The number of amides is 9. The lowest BCUT2D eigenvalue weighted by Gasteiger charge is -2.33. The number of phenolic OH excluding ortho intramolecular Hbond substituents is 1. The van der Waals surface area contributed by atoms with Gasteiger partial charge in [-0.3, -0.25) is 52.7 Å². The largest absolute Gasteiger partial charge is 0.508 e. The molecule has 2 saturated carbocycles. The summed E-state index contributed by atoms with van der Waals surface area (Å²) in [6.07, 6.45) is 4.85. The summed E-state index contributed by atoms with van der Waals surface area (Å²) >= 11 is 2.88. The molecule has 3 aromatic carbocycles. The molecule has 2 aliphatic heterocycles. The van der Waals surface area contributed by atoms with Gasteiger partial charge in [-0.05, 0) is 148 Å². The number of carboxylic acids is 1. The molecule has 538 valence electrons. The Bertz CT molecular complexity index is 3720. The van der Waals surface area contributed by atoms with Gasteiger partial charge in [0.25, 0.3) is 0 Å². The minimum absolute atomic E-state index is 0.0325. The number of unbranched alkanes of at least 4 members (excludes halogenated alkanes) is 1. The summed E-state index contributed by atoms with van der Waals surface area (Å²) in [5.41, 5.74) is 15.2. The number of halogens is 2. The molecule has 15 N–H and O–H groups in total. The molecule has 4 heterocycles. The highest BCUT2D eigenvalue weighted by atomic mass is 32.2. The van der Waals surface area contributed by atoms with Gasteiger partial charge in [0, 0.05) is 90.7 Å². The fourth-order valence-electron chi connectivity index (χ4n) is 14.0. The molecular weight excluding hydrogens is 1330 g/mol. The van der Waals surface area contributed by atoms with Crippen LogP contribution in [-0.4, -0.2) is 175 Å². The van der Waals surface area contributed by atoms with Crippen molar-refractivity contribution in [3.8, 4) is 5.75 Å². The number of carbonyl (C=O) groups excluding carboxylic acids is 10. The summed E-state index contributed by atoms with van der Waals surface area (Å²) < 4.78 is 30.1. The lowest BCUT2D eigenvalue weighted by atomic mass is 9.75. The van der Waals surface area contributed by atoms with Gasteiger partial charge < -0.3 is 73.8 Å². The number of aromatic hydroxyl groups is 1. The molecule has 4 unspecified atom stereocenters. The number of carboxylic acid groups (broad SMARTS) is 1. The SMILES string of the molecule is NCCCC[C@@H]1NC(=O)CCSCc2cccc(c2)CSC[C@@H](C(N)=O)CC(=O)[C@@H]2CCCN2C(=O)[C@H](Cc2ccc(O)cc2)NC(=O)[C@H](Cc2cnc[nH]2)NC(=O)[C@@H](CC(=O)O)NC(=O)[C@H](CC2CCC3CCC(F)CC32)NC(=O)[C@H](Cc2c[nH]c3ccc(F)cc23)NC(=O)CNC1=O. The van der Waals surface area contributed by atoms with Gasteiger partial charge in [-0.15, -0.1) is 0 Å². The highest BCUT2D eigenvalue weighted by Crippen LogP contribution is 2.48. The van der Waals surface area contributed by atoms with Crippen LogP contribution in [0.3, 0.4) is 0 Å². The Hall–Kier alpha value is -8.90. The highest BCUT2D eigenvalue weighted by Gasteiger charge is 2.44. The molecule has 30 heteroatoms. The Balaban J connectivity index is 1.04. The van der Waals surface area contributed by atoms with Crippen LogP contribution in [-0.2, 0) is 83.5 Å². The van der Waals surface area contributed by atoms with Crippen molar-refractivity contribution in [2.45, 2.75) is 169 Å². The average molecular weight is 1420 g/mol. The second-order valence-corrected chi connectivity index (χ2v) is 28.6. The fourth-order valence-corrected chi connectivity index (χ4v) is 16.0. The second-order valence-electron chi connectivity index (χ2n) is 26.4. The number of alkyl halides is 1. The van der Waals surface area contributed by atoms with Crippen molar-refractivity contribution in [3.05, 3.63) is 119 Å². The van der Waals surface area contributed by atoms with E-state index < -0.39 is 138 Å². The second kappa shape index (κ2) is 36.4. The van der Waals surface area contributed by atoms with Crippen LogP contribution >= 0.6 is 23.5 Å². The van der Waals surface area contributed by atoms with Gasteiger partial charge in [-0.2, -0.15) is 23.5 Å². The molecule has 5 aromatic rings. The minimum Gasteiger partial charge on any atom is -0.508 e. The van der Waals surface area contributed by atoms with E-state index in [1.165, 1.54) is 89.6 Å². The standard InChI is InChI=1S/C70H89F2N13O13S2/c71-46-14-13-42-11-12-43(50(42)28-46)25-55-67(95)83-57(31-63(90)91)69(97)82-56(30-48-33-75-38-78-48)68(96)84-58(24-39-9-16-49(86)17-10-39)70(98)85-21-4-8-59(85)60(87)27-45(64(74)92)37-100-36-41-6-3-5-40(23-41)35-99-22-19-61(88)79-53(7-1-2-20-73)65(93)77-34-62(89)80-54(66(94)81-55)26-44-32-76-52-18-15-47(72)29-51(44)52/h3,5-6,9-10,15-18,23,29,32-33,38,42-43,45-46,50,53-59,76,86H,1-2,4,7-8,11-14,19-22,24-28,30-31,34-37,73H2,(H2,74,92)(H,75,78)(H,77,93)(H,79,88)(H,80,89)(H,81,94)(H,82,97)(H,83,95)(H,84,96)(H,90,91)/t42?,43?,45-,46?,50?,53-,54-,55-,56-,57+,58-,59-/m0/s1. The van der Waals surface area contributed by atoms with Crippen molar-refractivity contribution in [2.75, 3.05) is 31.1 Å². The van der Waals surface area contributed by atoms with Crippen LogP contribution in [0, 0.1) is 29.5 Å². The number of benzene rings is 3. The third-order valence-corrected chi connectivity index (χ3v) is 21.4. The number of ketones is 1. The van der Waals surface area contributed by atoms with Crippen LogP contribution in [0.4, 0.5) is 8.78 Å². The van der Waals surface area contributed by atoms with Gasteiger partial charge in [0.1, 0.15) is 54.0 Å². The number of rotatable bonds is 15. The lowest BCUT2D eigenvalue weighted by Crippen LogP contribution is -2.60. The third kappa shape index (κ3) is 21.6. The maximum Gasteiger partial charge on any atom is 0.305 e. The smallest absolute Gasteiger partial charge is 0.305 e. The van der Waals surface area contributed by atoms with E-state index in [0.29, 0.717) is 96.5 Å². The minimum atomic E-state index is -1.97. The van der Waals surface area contributed by atoms with Crippen LogP contribution in [0.25, 0.3) is 10.9 Å².